The van der Waals surface area contributed by atoms with E-state index in [9.17, 15) is 4.79 Å². The van der Waals surface area contributed by atoms with Crippen LogP contribution in [0.4, 0.5) is 11.4 Å². The molecule has 2 heterocycles. The van der Waals surface area contributed by atoms with Gasteiger partial charge < -0.3 is 24.8 Å². The summed E-state index contributed by atoms with van der Waals surface area (Å²) in [6.45, 7) is 14.4. The van der Waals surface area contributed by atoms with Crippen molar-refractivity contribution in [1.82, 2.24) is 10.2 Å². The smallest absolute Gasteiger partial charge is 0.255 e. The van der Waals surface area contributed by atoms with Gasteiger partial charge >= 0.3 is 0 Å². The Labute approximate surface area is 250 Å². The quantitative estimate of drug-likeness (QED) is 0.263. The van der Waals surface area contributed by atoms with Crippen molar-refractivity contribution in [2.24, 2.45) is 0 Å². The van der Waals surface area contributed by atoms with Gasteiger partial charge in [-0.3, -0.25) is 4.79 Å². The van der Waals surface area contributed by atoms with E-state index in [1.807, 2.05) is 12.1 Å². The number of carbonyl (C=O) groups is 1. The minimum atomic E-state index is -0.782. The number of allylic oxidation sites excluding steroid dienone is 3. The lowest BCUT2D eigenvalue weighted by molar-refractivity contribution is 0.0668. The molecule has 6 rings (SSSR count). The van der Waals surface area contributed by atoms with E-state index in [0.717, 1.165) is 84.3 Å². The Balaban J connectivity index is 1.51. The fraction of sp³-hybridized carbons (Fsp3) is 0.361. The lowest BCUT2D eigenvalue weighted by Crippen LogP contribution is -2.49. The van der Waals surface area contributed by atoms with Crippen LogP contribution in [0.3, 0.4) is 0 Å². The molecule has 6 nitrogen and oxygen atoms in total. The highest BCUT2D eigenvalue weighted by molar-refractivity contribution is 6.02. The van der Waals surface area contributed by atoms with Gasteiger partial charge in [0, 0.05) is 86.0 Å². The minimum absolute atomic E-state index is 0.0635. The second-order valence-electron chi connectivity index (χ2n) is 11.2. The van der Waals surface area contributed by atoms with Crippen molar-refractivity contribution < 1.29 is 9.53 Å². The molecule has 0 saturated heterocycles. The Bertz CT molecular complexity index is 1470. The number of amides is 1. The third-order valence-electron chi connectivity index (χ3n) is 9.10. The van der Waals surface area contributed by atoms with Gasteiger partial charge in [-0.15, -0.1) is 0 Å². The number of hydrogen-bond acceptors (Lipinski definition) is 5. The molecule has 0 unspecified atom stereocenters. The molecule has 0 fully saturated rings. The summed E-state index contributed by atoms with van der Waals surface area (Å²) in [7, 11) is 0. The summed E-state index contributed by atoms with van der Waals surface area (Å²) in [5.74, 6) is 1.69. The topological polar surface area (TPSA) is 48.1 Å². The summed E-state index contributed by atoms with van der Waals surface area (Å²) in [6, 6.07) is 21.2. The van der Waals surface area contributed by atoms with Crippen LogP contribution in [0.15, 0.2) is 84.5 Å². The van der Waals surface area contributed by atoms with Gasteiger partial charge in [-0.05, 0) is 57.9 Å². The van der Waals surface area contributed by atoms with Crippen LogP contribution in [0, 0.1) is 0 Å². The summed E-state index contributed by atoms with van der Waals surface area (Å²) in [6.07, 6.45) is 7.47. The molecular formula is C36H42N4O2. The van der Waals surface area contributed by atoms with Crippen LogP contribution in [0.25, 0.3) is 0 Å². The van der Waals surface area contributed by atoms with E-state index < -0.39 is 5.54 Å². The highest BCUT2D eigenvalue weighted by atomic mass is 16.5. The van der Waals surface area contributed by atoms with E-state index in [1.165, 1.54) is 5.57 Å². The van der Waals surface area contributed by atoms with Gasteiger partial charge in [0.1, 0.15) is 17.0 Å². The van der Waals surface area contributed by atoms with E-state index >= 15 is 0 Å². The average Bonchev–Trinajstić information content (AvgIpc) is 3.62. The van der Waals surface area contributed by atoms with Crippen molar-refractivity contribution in [3.8, 4) is 11.5 Å². The minimum Gasteiger partial charge on any atom is -0.456 e. The highest BCUT2D eigenvalue weighted by Gasteiger charge is 2.56. The van der Waals surface area contributed by atoms with Crippen LogP contribution in [-0.4, -0.2) is 56.6 Å². The second kappa shape index (κ2) is 11.7. The molecule has 0 bridgehead atoms. The van der Waals surface area contributed by atoms with Crippen LogP contribution < -0.4 is 19.9 Å². The molecular weight excluding hydrogens is 520 g/mol. The standard InChI is InChI=1S/C36H42N4O2/c1-5-38(6-2)27-17-19-31-33(23-27)42-34-24-28(39(7-3)8-4)18-20-32(34)36(31)30-16-12-11-15-29(30)35(41)40(36)22-21-37-25-26-13-9-10-14-26/h9-13,15-20,23-24,37H,5-8,14,21-22,25H2,1-4H3. The summed E-state index contributed by atoms with van der Waals surface area (Å²) in [5, 5.41) is 3.60. The maximum absolute atomic E-state index is 14.3. The fourth-order valence-corrected chi connectivity index (χ4v) is 6.96. The number of benzene rings is 3. The molecule has 0 saturated carbocycles. The Morgan fingerprint density at radius 1 is 0.833 bits per heavy atom. The number of fused-ring (bicyclic) bond motifs is 6. The molecule has 42 heavy (non-hydrogen) atoms. The first kappa shape index (κ1) is 28.1. The summed E-state index contributed by atoms with van der Waals surface area (Å²) in [5.41, 5.74) is 6.66. The molecule has 1 N–H and O–H groups in total. The molecule has 0 radical (unpaired) electrons. The van der Waals surface area contributed by atoms with E-state index in [1.54, 1.807) is 0 Å². The van der Waals surface area contributed by atoms with Crippen LogP contribution in [0.2, 0.25) is 0 Å². The van der Waals surface area contributed by atoms with Gasteiger partial charge in [0.2, 0.25) is 0 Å². The van der Waals surface area contributed by atoms with Crippen molar-refractivity contribution in [2.75, 3.05) is 55.6 Å². The first-order chi connectivity index (χ1) is 20.6. The zero-order valence-electron chi connectivity index (χ0n) is 25.3. The van der Waals surface area contributed by atoms with Gasteiger partial charge in [0.25, 0.3) is 5.91 Å². The normalized spacial score (nSPS) is 15.8. The lowest BCUT2D eigenvalue weighted by atomic mass is 9.74. The SMILES string of the molecule is CCN(CC)c1ccc2c(c1)Oc1cc(N(CC)CC)ccc1C21c2ccccc2C(=O)N1CCNCC1=CC=CC1. The number of hydrogen-bond donors (Lipinski definition) is 1. The van der Waals surface area contributed by atoms with E-state index in [4.69, 9.17) is 4.74 Å². The highest BCUT2D eigenvalue weighted by Crippen LogP contribution is 2.58. The monoisotopic (exact) mass is 562 g/mol. The third-order valence-corrected chi connectivity index (χ3v) is 9.10. The van der Waals surface area contributed by atoms with Crippen molar-refractivity contribution >= 4 is 17.3 Å². The number of nitrogens with zero attached hydrogens (tertiary/aromatic N) is 3. The predicted octanol–water partition coefficient (Wildman–Crippen LogP) is 6.71. The molecule has 3 aromatic rings. The van der Waals surface area contributed by atoms with E-state index in [-0.39, 0.29) is 5.91 Å². The molecule has 1 spiro atoms. The maximum atomic E-state index is 14.3. The Morgan fingerprint density at radius 3 is 2.02 bits per heavy atom. The molecule has 0 atom stereocenters. The van der Waals surface area contributed by atoms with Crippen molar-refractivity contribution in [1.29, 1.82) is 0 Å². The molecule has 218 valence electrons. The number of rotatable bonds is 11. The van der Waals surface area contributed by atoms with E-state index in [0.29, 0.717) is 13.1 Å². The largest absolute Gasteiger partial charge is 0.456 e. The first-order valence-electron chi connectivity index (χ1n) is 15.5. The van der Waals surface area contributed by atoms with Crippen LogP contribution in [-0.2, 0) is 5.54 Å². The van der Waals surface area contributed by atoms with Crippen LogP contribution >= 0.6 is 0 Å². The fourth-order valence-electron chi connectivity index (χ4n) is 6.96. The first-order valence-corrected chi connectivity index (χ1v) is 15.5. The Morgan fingerprint density at radius 2 is 1.45 bits per heavy atom. The molecule has 2 aliphatic heterocycles. The predicted molar refractivity (Wildman–Crippen MR) is 172 cm³/mol. The summed E-state index contributed by atoms with van der Waals surface area (Å²) in [4.78, 5) is 21.0. The molecule has 3 aliphatic rings. The van der Waals surface area contributed by atoms with E-state index in [2.05, 4.69) is 114 Å². The van der Waals surface area contributed by atoms with Crippen LogP contribution in [0.5, 0.6) is 11.5 Å². The average molecular weight is 563 g/mol. The van der Waals surface area contributed by atoms with Gasteiger partial charge in [-0.2, -0.15) is 0 Å². The number of ether oxygens (including phenoxy) is 1. The maximum Gasteiger partial charge on any atom is 0.255 e. The number of nitrogens with one attached hydrogen (secondary N) is 1. The number of carbonyl (C=O) groups excluding carboxylic acids is 1. The van der Waals surface area contributed by atoms with Gasteiger partial charge in [-0.25, -0.2) is 0 Å². The van der Waals surface area contributed by atoms with Gasteiger partial charge in [-0.1, -0.05) is 54.1 Å². The molecule has 1 amide bonds. The van der Waals surface area contributed by atoms with Gasteiger partial charge in [0.05, 0.1) is 0 Å². The lowest BCUT2D eigenvalue weighted by Gasteiger charge is -2.45. The summed E-state index contributed by atoms with van der Waals surface area (Å²) >= 11 is 0. The van der Waals surface area contributed by atoms with Crippen molar-refractivity contribution in [3.63, 3.8) is 0 Å². The summed E-state index contributed by atoms with van der Waals surface area (Å²) < 4.78 is 6.79. The zero-order chi connectivity index (χ0) is 29.3. The third kappa shape index (κ3) is 4.49. The molecule has 0 aromatic heterocycles. The van der Waals surface area contributed by atoms with Crippen LogP contribution in [0.1, 0.15) is 61.2 Å². The Hall–Kier alpha value is -4.03. The van der Waals surface area contributed by atoms with Crippen molar-refractivity contribution in [2.45, 2.75) is 39.7 Å². The van der Waals surface area contributed by atoms with Gasteiger partial charge in [0.15, 0.2) is 0 Å². The Kier molecular flexibility index (Phi) is 7.82. The second-order valence-corrected chi connectivity index (χ2v) is 11.2. The van der Waals surface area contributed by atoms with Crippen molar-refractivity contribution in [3.05, 3.63) is 107 Å². The molecule has 1 aliphatic carbocycles. The molecule has 3 aromatic carbocycles. The molecule has 6 heteroatoms. The number of anilines is 2. The zero-order valence-corrected chi connectivity index (χ0v) is 25.3.